The molecule has 3 aromatic carbocycles. The average Bonchev–Trinajstić information content (AvgIpc) is 2.85. The minimum Gasteiger partial charge on any atom is -0.493 e. The number of carbonyl (C=O) groups excluding carboxylic acids is 1. The van der Waals surface area contributed by atoms with E-state index in [-0.39, 0.29) is 17.8 Å². The second-order valence-electron chi connectivity index (χ2n) is 9.91. The predicted octanol–water partition coefficient (Wildman–Crippen LogP) is 6.84. The Kier molecular flexibility index (Phi) is 7.51. The highest BCUT2D eigenvalue weighted by molar-refractivity contribution is 5.91. The number of rotatable bonds is 7. The number of aryl methyl sites for hydroxylation is 1. The zero-order valence-corrected chi connectivity index (χ0v) is 21.1. The Bertz CT molecular complexity index is 1360. The summed E-state index contributed by atoms with van der Waals surface area (Å²) < 4.78 is 59.7. The van der Waals surface area contributed by atoms with Crippen molar-refractivity contribution in [2.75, 3.05) is 6.61 Å². The van der Waals surface area contributed by atoms with Crippen LogP contribution in [0.4, 0.5) is 13.2 Å². The summed E-state index contributed by atoms with van der Waals surface area (Å²) in [6, 6.07) is 13.5. The van der Waals surface area contributed by atoms with Gasteiger partial charge in [0.1, 0.15) is 11.5 Å². The summed E-state index contributed by atoms with van der Waals surface area (Å²) in [5.41, 5.74) is -0.666. The second kappa shape index (κ2) is 10.5. The van der Waals surface area contributed by atoms with Crippen molar-refractivity contribution in [3.8, 4) is 33.8 Å². The van der Waals surface area contributed by atoms with Crippen molar-refractivity contribution in [1.82, 2.24) is 0 Å². The van der Waals surface area contributed by atoms with Gasteiger partial charge in [-0.05, 0) is 91.8 Å². The summed E-state index contributed by atoms with van der Waals surface area (Å²) in [5.74, 6) is -0.732. The quantitative estimate of drug-likeness (QED) is 0.338. The first kappa shape index (κ1) is 27.2. The van der Waals surface area contributed by atoms with Gasteiger partial charge in [0.2, 0.25) is 0 Å². The van der Waals surface area contributed by atoms with Gasteiger partial charge in [-0.25, -0.2) is 4.79 Å². The molecule has 9 heteroatoms. The maximum Gasteiger partial charge on any atom is 0.416 e. The van der Waals surface area contributed by atoms with Gasteiger partial charge in [0.15, 0.2) is 6.10 Å². The molecule has 0 saturated carbocycles. The van der Waals surface area contributed by atoms with E-state index in [2.05, 4.69) is 0 Å². The Balaban J connectivity index is 2.11. The molecule has 1 heterocycles. The number of alkyl halides is 3. The first-order valence-electron chi connectivity index (χ1n) is 12.0. The fourth-order valence-corrected chi connectivity index (χ4v) is 4.59. The van der Waals surface area contributed by atoms with Crippen LogP contribution in [0.2, 0.25) is 0 Å². The summed E-state index contributed by atoms with van der Waals surface area (Å²) in [6.07, 6.45) is -5.38. The molecule has 6 nitrogen and oxygen atoms in total. The first-order chi connectivity index (χ1) is 17.9. The average molecular weight is 529 g/mol. The monoisotopic (exact) mass is 528 g/mol. The molecule has 3 aromatic rings. The molecule has 4 rings (SSSR count). The molecule has 0 aromatic heterocycles. The number of hydrogen-bond acceptors (Lipinski definition) is 5. The van der Waals surface area contributed by atoms with E-state index in [1.807, 2.05) is 0 Å². The zero-order valence-electron chi connectivity index (χ0n) is 21.1. The lowest BCUT2D eigenvalue weighted by atomic mass is 9.84. The lowest BCUT2D eigenvalue weighted by Crippen LogP contribution is -2.29. The van der Waals surface area contributed by atoms with E-state index >= 15 is 0 Å². The maximum atomic E-state index is 14.4. The molecule has 1 N–H and O–H groups in total. The van der Waals surface area contributed by atoms with Crippen molar-refractivity contribution in [3.63, 3.8) is 0 Å². The molecule has 1 unspecified atom stereocenters. The normalized spacial score (nSPS) is 14.3. The predicted molar refractivity (Wildman–Crippen MR) is 134 cm³/mol. The molecular formula is C29H27F3O6. The minimum atomic E-state index is -4.86. The third-order valence-corrected chi connectivity index (χ3v) is 6.04. The smallest absolute Gasteiger partial charge is 0.416 e. The van der Waals surface area contributed by atoms with Crippen LogP contribution in [0.25, 0.3) is 22.3 Å². The molecule has 200 valence electrons. The highest BCUT2D eigenvalue weighted by atomic mass is 19.4. The number of benzene rings is 3. The minimum absolute atomic E-state index is 0.0631. The van der Waals surface area contributed by atoms with Crippen LogP contribution in [-0.4, -0.2) is 29.8 Å². The highest BCUT2D eigenvalue weighted by Gasteiger charge is 2.41. The Morgan fingerprint density at radius 1 is 1.05 bits per heavy atom. The molecule has 1 aliphatic heterocycles. The summed E-state index contributed by atoms with van der Waals surface area (Å²) in [6.45, 7) is 5.53. The number of fused-ring (bicyclic) bond motifs is 1. The number of hydrogen-bond donors (Lipinski definition) is 1. The van der Waals surface area contributed by atoms with Crippen molar-refractivity contribution >= 4 is 12.4 Å². The molecule has 1 atom stereocenters. The van der Waals surface area contributed by atoms with Crippen molar-refractivity contribution in [2.24, 2.45) is 0 Å². The Morgan fingerprint density at radius 3 is 2.47 bits per heavy atom. The lowest BCUT2D eigenvalue weighted by Gasteiger charge is -2.30. The summed E-state index contributed by atoms with van der Waals surface area (Å²) in [4.78, 5) is 23.4. The fourth-order valence-electron chi connectivity index (χ4n) is 4.59. The van der Waals surface area contributed by atoms with Crippen LogP contribution < -0.4 is 9.47 Å². The van der Waals surface area contributed by atoms with Gasteiger partial charge in [-0.3, -0.25) is 4.79 Å². The third-order valence-electron chi connectivity index (χ3n) is 6.04. The van der Waals surface area contributed by atoms with Gasteiger partial charge in [-0.1, -0.05) is 24.3 Å². The van der Waals surface area contributed by atoms with Gasteiger partial charge < -0.3 is 19.3 Å². The lowest BCUT2D eigenvalue weighted by molar-refractivity contribution is -0.163. The van der Waals surface area contributed by atoms with Gasteiger partial charge in [0.25, 0.3) is 6.47 Å². The fraction of sp³-hybridized carbons (Fsp3) is 0.310. The molecule has 0 saturated heterocycles. The number of aliphatic carboxylic acids is 1. The van der Waals surface area contributed by atoms with Crippen LogP contribution in [0.1, 0.15) is 50.0 Å². The van der Waals surface area contributed by atoms with Gasteiger partial charge >= 0.3 is 12.1 Å². The maximum absolute atomic E-state index is 14.4. The molecule has 1 aliphatic rings. The van der Waals surface area contributed by atoms with Crippen molar-refractivity contribution in [3.05, 3.63) is 71.3 Å². The molecule has 0 radical (unpaired) electrons. The van der Waals surface area contributed by atoms with Crippen molar-refractivity contribution < 1.29 is 42.1 Å². The van der Waals surface area contributed by atoms with Crippen LogP contribution in [0, 0.1) is 0 Å². The Morgan fingerprint density at radius 2 is 1.82 bits per heavy atom. The number of carboxylic acids is 1. The van der Waals surface area contributed by atoms with Gasteiger partial charge in [0, 0.05) is 5.56 Å². The molecule has 0 spiro atoms. The zero-order chi connectivity index (χ0) is 27.7. The van der Waals surface area contributed by atoms with Crippen molar-refractivity contribution in [2.45, 2.75) is 51.5 Å². The SMILES string of the molecule is CC(C)(C)OC(C(=O)O)c1c(C(F)(F)F)ccc(-c2cccc(OC=O)c2)c1-c1ccc2c(c1)CCCO2. The van der Waals surface area contributed by atoms with Crippen LogP contribution in [-0.2, 0) is 26.9 Å². The van der Waals surface area contributed by atoms with E-state index in [0.717, 1.165) is 18.1 Å². The van der Waals surface area contributed by atoms with Gasteiger partial charge in [-0.15, -0.1) is 0 Å². The van der Waals surface area contributed by atoms with E-state index in [1.165, 1.54) is 18.2 Å². The third kappa shape index (κ3) is 5.83. The van der Waals surface area contributed by atoms with E-state index in [1.54, 1.807) is 51.1 Å². The highest BCUT2D eigenvalue weighted by Crippen LogP contribution is 2.47. The van der Waals surface area contributed by atoms with E-state index in [4.69, 9.17) is 14.2 Å². The molecule has 0 bridgehead atoms. The van der Waals surface area contributed by atoms with E-state index < -0.39 is 35.0 Å². The topological polar surface area (TPSA) is 82.1 Å². The van der Waals surface area contributed by atoms with Crippen LogP contribution in [0.15, 0.2) is 54.6 Å². The molecule has 38 heavy (non-hydrogen) atoms. The number of carboxylic acid groups (broad SMARTS) is 1. The van der Waals surface area contributed by atoms with Crippen LogP contribution in [0.5, 0.6) is 11.5 Å². The first-order valence-corrected chi connectivity index (χ1v) is 12.0. The molecule has 0 aliphatic carbocycles. The molecule has 0 fully saturated rings. The van der Waals surface area contributed by atoms with Gasteiger partial charge in [-0.2, -0.15) is 13.2 Å². The number of halogens is 3. The summed E-state index contributed by atoms with van der Waals surface area (Å²) in [7, 11) is 0. The summed E-state index contributed by atoms with van der Waals surface area (Å²) in [5, 5.41) is 10.1. The number of carbonyl (C=O) groups is 2. The van der Waals surface area contributed by atoms with E-state index in [9.17, 15) is 27.9 Å². The standard InChI is InChI=1S/C29H27F3O6/c1-28(2,3)38-26(27(34)35)25-22(29(30,31)32)11-10-21(17-6-4-8-20(15-17)37-16-33)24(25)19-9-12-23-18(14-19)7-5-13-36-23/h4,6,8-12,14-16,26H,5,7,13H2,1-3H3,(H,34,35). The van der Waals surface area contributed by atoms with Crippen LogP contribution >= 0.6 is 0 Å². The number of ether oxygens (including phenoxy) is 3. The van der Waals surface area contributed by atoms with E-state index in [0.29, 0.717) is 35.5 Å². The Hall–Kier alpha value is -3.85. The van der Waals surface area contributed by atoms with Gasteiger partial charge in [0.05, 0.1) is 17.8 Å². The van der Waals surface area contributed by atoms with Crippen LogP contribution in [0.3, 0.4) is 0 Å². The Labute approximate surface area is 218 Å². The molecular weight excluding hydrogens is 501 g/mol. The summed E-state index contributed by atoms with van der Waals surface area (Å²) >= 11 is 0. The molecule has 0 amide bonds. The van der Waals surface area contributed by atoms with Crippen molar-refractivity contribution in [1.29, 1.82) is 0 Å². The largest absolute Gasteiger partial charge is 0.493 e. The second-order valence-corrected chi connectivity index (χ2v) is 9.91.